The number of hydrogen-bond donors (Lipinski definition) is 1. The number of benzene rings is 2. The topological polar surface area (TPSA) is 81.4 Å². The Labute approximate surface area is 208 Å². The second-order valence-corrected chi connectivity index (χ2v) is 10.4. The van der Waals surface area contributed by atoms with E-state index in [0.717, 1.165) is 31.2 Å². The lowest BCUT2D eigenvalue weighted by Gasteiger charge is -2.11. The number of hydrazone groups is 1. The van der Waals surface area contributed by atoms with Gasteiger partial charge in [-0.2, -0.15) is 5.10 Å². The fourth-order valence-corrected chi connectivity index (χ4v) is 4.98. The Hall–Kier alpha value is -2.95. The lowest BCUT2D eigenvalue weighted by molar-refractivity contribution is -0.118. The number of aromatic nitrogens is 3. The van der Waals surface area contributed by atoms with Gasteiger partial charge in [-0.3, -0.25) is 9.36 Å². The van der Waals surface area contributed by atoms with Crippen molar-refractivity contribution in [1.82, 2.24) is 20.2 Å². The average molecular weight is 542 g/mol. The molecule has 4 rings (SSSR count). The number of nitrogens with zero attached hydrogens (tertiary/aromatic N) is 4. The van der Waals surface area contributed by atoms with Crippen molar-refractivity contribution < 1.29 is 9.53 Å². The smallest absolute Gasteiger partial charge is 0.250 e. The van der Waals surface area contributed by atoms with Gasteiger partial charge >= 0.3 is 0 Å². The van der Waals surface area contributed by atoms with Crippen LogP contribution in [0.25, 0.3) is 17.1 Å². The normalized spacial score (nSPS) is 11.1. The van der Waals surface area contributed by atoms with Gasteiger partial charge in [0.25, 0.3) is 5.91 Å². The molecule has 2 heterocycles. The molecule has 10 heteroatoms. The Morgan fingerprint density at radius 2 is 1.91 bits per heavy atom. The van der Waals surface area contributed by atoms with Crippen LogP contribution in [0.3, 0.4) is 0 Å². The highest BCUT2D eigenvalue weighted by atomic mass is 79.9. The number of halogens is 1. The summed E-state index contributed by atoms with van der Waals surface area (Å²) in [4.78, 5) is 13.3. The molecule has 0 aliphatic heterocycles. The Morgan fingerprint density at radius 3 is 2.58 bits per heavy atom. The highest BCUT2D eigenvalue weighted by Crippen LogP contribution is 2.29. The molecule has 0 atom stereocenters. The first-order valence-electron chi connectivity index (χ1n) is 9.90. The first-order chi connectivity index (χ1) is 16.0. The van der Waals surface area contributed by atoms with E-state index in [9.17, 15) is 4.79 Å². The maximum atomic E-state index is 12.3. The standard InChI is InChI=1S/C23H20BrN5O2S2/c1-15-3-5-16(6-4-15)22-27-28-23(29(22)17-7-9-18(31-2)10-8-17)32-14-21(30)26-25-13-19-11-12-20(24)33-19/h3-13H,14H2,1-2H3,(H,26,30). The van der Waals surface area contributed by atoms with E-state index in [0.29, 0.717) is 11.0 Å². The Balaban J connectivity index is 1.53. The molecule has 1 amide bonds. The van der Waals surface area contributed by atoms with Crippen molar-refractivity contribution in [2.24, 2.45) is 5.10 Å². The molecule has 0 bridgehead atoms. The highest BCUT2D eigenvalue weighted by Gasteiger charge is 2.17. The third-order valence-electron chi connectivity index (χ3n) is 4.58. The monoisotopic (exact) mass is 541 g/mol. The molecule has 7 nitrogen and oxygen atoms in total. The maximum Gasteiger partial charge on any atom is 0.250 e. The van der Waals surface area contributed by atoms with E-state index in [-0.39, 0.29) is 11.7 Å². The fourth-order valence-electron chi connectivity index (χ4n) is 2.94. The minimum Gasteiger partial charge on any atom is -0.497 e. The van der Waals surface area contributed by atoms with Gasteiger partial charge in [0.1, 0.15) is 5.75 Å². The van der Waals surface area contributed by atoms with Crippen LogP contribution in [0.4, 0.5) is 0 Å². The number of thioether (sulfide) groups is 1. The van der Waals surface area contributed by atoms with E-state index in [1.165, 1.54) is 23.1 Å². The number of carbonyl (C=O) groups excluding carboxylic acids is 1. The Bertz CT molecular complexity index is 1270. The second-order valence-electron chi connectivity index (χ2n) is 6.93. The first-order valence-corrected chi connectivity index (χ1v) is 12.5. The van der Waals surface area contributed by atoms with Crippen molar-refractivity contribution in [3.63, 3.8) is 0 Å². The van der Waals surface area contributed by atoms with E-state index in [1.807, 2.05) is 72.2 Å². The van der Waals surface area contributed by atoms with Gasteiger partial charge in [-0.05, 0) is 59.3 Å². The van der Waals surface area contributed by atoms with Crippen LogP contribution < -0.4 is 10.2 Å². The van der Waals surface area contributed by atoms with Crippen LogP contribution in [0.5, 0.6) is 5.75 Å². The number of methoxy groups -OCH3 is 1. The number of ether oxygens (including phenoxy) is 1. The molecule has 0 fully saturated rings. The summed E-state index contributed by atoms with van der Waals surface area (Å²) < 4.78 is 8.23. The average Bonchev–Trinajstić information content (AvgIpc) is 3.44. The molecule has 0 radical (unpaired) electrons. The summed E-state index contributed by atoms with van der Waals surface area (Å²) in [5.41, 5.74) is 5.53. The zero-order chi connectivity index (χ0) is 23.2. The zero-order valence-corrected chi connectivity index (χ0v) is 21.1. The van der Waals surface area contributed by atoms with Gasteiger partial charge < -0.3 is 4.74 Å². The minimum atomic E-state index is -0.229. The van der Waals surface area contributed by atoms with Crippen molar-refractivity contribution in [2.75, 3.05) is 12.9 Å². The van der Waals surface area contributed by atoms with E-state index in [4.69, 9.17) is 4.74 Å². The van der Waals surface area contributed by atoms with Gasteiger partial charge in [-0.15, -0.1) is 21.5 Å². The molecular formula is C23H20BrN5O2S2. The predicted molar refractivity (Wildman–Crippen MR) is 137 cm³/mol. The third kappa shape index (κ3) is 5.89. The van der Waals surface area contributed by atoms with Crippen LogP contribution in [0.1, 0.15) is 10.4 Å². The van der Waals surface area contributed by atoms with Crippen LogP contribution >= 0.6 is 39.0 Å². The lowest BCUT2D eigenvalue weighted by atomic mass is 10.1. The van der Waals surface area contributed by atoms with Gasteiger partial charge in [-0.25, -0.2) is 5.43 Å². The Kier molecular flexibility index (Phi) is 7.58. The van der Waals surface area contributed by atoms with Crippen LogP contribution in [0, 0.1) is 6.92 Å². The molecule has 33 heavy (non-hydrogen) atoms. The van der Waals surface area contributed by atoms with Crippen LogP contribution in [-0.2, 0) is 4.79 Å². The SMILES string of the molecule is COc1ccc(-n2c(SCC(=O)NN=Cc3ccc(Br)s3)nnc2-c2ccc(C)cc2)cc1. The molecule has 0 aliphatic rings. The Morgan fingerprint density at radius 1 is 1.15 bits per heavy atom. The van der Waals surface area contributed by atoms with Crippen molar-refractivity contribution in [1.29, 1.82) is 0 Å². The summed E-state index contributed by atoms with van der Waals surface area (Å²) in [5.74, 6) is 1.37. The van der Waals surface area contributed by atoms with Gasteiger partial charge in [0.2, 0.25) is 0 Å². The summed E-state index contributed by atoms with van der Waals surface area (Å²) in [6.07, 6.45) is 1.62. The second kappa shape index (κ2) is 10.8. The molecule has 0 spiro atoms. The molecule has 2 aromatic carbocycles. The molecular weight excluding hydrogens is 522 g/mol. The molecule has 168 valence electrons. The van der Waals surface area contributed by atoms with Gasteiger partial charge in [-0.1, -0.05) is 41.6 Å². The number of rotatable bonds is 8. The quantitative estimate of drug-likeness (QED) is 0.185. The number of nitrogens with one attached hydrogen (secondary N) is 1. The summed E-state index contributed by atoms with van der Waals surface area (Å²) >= 11 is 6.23. The van der Waals surface area contributed by atoms with Gasteiger partial charge in [0, 0.05) is 16.1 Å². The number of thiophene rings is 1. The lowest BCUT2D eigenvalue weighted by Crippen LogP contribution is -2.19. The summed E-state index contributed by atoms with van der Waals surface area (Å²) in [7, 11) is 1.63. The van der Waals surface area contributed by atoms with Crippen molar-refractivity contribution >= 4 is 51.2 Å². The maximum absolute atomic E-state index is 12.3. The van der Waals surface area contributed by atoms with Gasteiger partial charge in [0.15, 0.2) is 11.0 Å². The third-order valence-corrected chi connectivity index (χ3v) is 7.07. The summed E-state index contributed by atoms with van der Waals surface area (Å²) in [6.45, 7) is 2.04. The van der Waals surface area contributed by atoms with Gasteiger partial charge in [0.05, 0.1) is 22.9 Å². The highest BCUT2D eigenvalue weighted by molar-refractivity contribution is 9.11. The number of aryl methyl sites for hydroxylation is 1. The fraction of sp³-hybridized carbons (Fsp3) is 0.130. The first kappa shape index (κ1) is 23.2. The number of hydrogen-bond acceptors (Lipinski definition) is 7. The van der Waals surface area contributed by atoms with E-state index >= 15 is 0 Å². The van der Waals surface area contributed by atoms with E-state index in [1.54, 1.807) is 13.3 Å². The minimum absolute atomic E-state index is 0.146. The number of carbonyl (C=O) groups is 1. The van der Waals surface area contributed by atoms with Crippen molar-refractivity contribution in [3.05, 3.63) is 74.9 Å². The zero-order valence-electron chi connectivity index (χ0n) is 17.9. The molecule has 0 unspecified atom stereocenters. The summed E-state index contributed by atoms with van der Waals surface area (Å²) in [5, 5.41) is 13.4. The van der Waals surface area contributed by atoms with Crippen LogP contribution in [-0.4, -0.2) is 39.7 Å². The molecule has 0 saturated carbocycles. The predicted octanol–water partition coefficient (Wildman–Crippen LogP) is 5.32. The van der Waals surface area contributed by atoms with E-state index in [2.05, 4.69) is 36.7 Å². The number of amides is 1. The van der Waals surface area contributed by atoms with Crippen molar-refractivity contribution in [2.45, 2.75) is 12.1 Å². The van der Waals surface area contributed by atoms with E-state index < -0.39 is 0 Å². The molecule has 4 aromatic rings. The largest absolute Gasteiger partial charge is 0.497 e. The van der Waals surface area contributed by atoms with Crippen LogP contribution in [0.2, 0.25) is 0 Å². The summed E-state index contributed by atoms with van der Waals surface area (Å²) in [6, 6.07) is 19.6. The molecule has 0 aliphatic carbocycles. The van der Waals surface area contributed by atoms with Crippen molar-refractivity contribution in [3.8, 4) is 22.8 Å². The molecule has 2 aromatic heterocycles. The molecule has 1 N–H and O–H groups in total. The van der Waals surface area contributed by atoms with Crippen LogP contribution in [0.15, 0.2) is 74.7 Å². The molecule has 0 saturated heterocycles.